The molecule has 0 saturated carbocycles. The van der Waals surface area contributed by atoms with Crippen molar-refractivity contribution in [1.82, 2.24) is 20.3 Å². The summed E-state index contributed by atoms with van der Waals surface area (Å²) in [4.78, 5) is 22.1. The van der Waals surface area contributed by atoms with Crippen LogP contribution < -0.4 is 11.1 Å². The second-order valence-electron chi connectivity index (χ2n) is 4.66. The smallest absolute Gasteiger partial charge is 0.407 e. The van der Waals surface area contributed by atoms with Crippen molar-refractivity contribution in [3.8, 4) is 0 Å². The molecule has 0 aliphatic carbocycles. The van der Waals surface area contributed by atoms with Gasteiger partial charge in [0.1, 0.15) is 5.60 Å². The van der Waals surface area contributed by atoms with Crippen molar-refractivity contribution >= 4 is 12.0 Å². The molecule has 8 heteroatoms. The number of alkyl carbamates (subject to hydrolysis) is 1. The second kappa shape index (κ2) is 5.48. The van der Waals surface area contributed by atoms with E-state index in [0.29, 0.717) is 13.1 Å². The molecule has 8 nitrogen and oxygen atoms in total. The van der Waals surface area contributed by atoms with Crippen LogP contribution in [0.1, 0.15) is 31.3 Å². The molecule has 100 valence electrons. The summed E-state index contributed by atoms with van der Waals surface area (Å²) in [6, 6.07) is 0. The maximum atomic E-state index is 11.3. The number of carbonyl (C=O) groups excluding carboxylic acids is 2. The van der Waals surface area contributed by atoms with Gasteiger partial charge < -0.3 is 15.8 Å². The Bertz CT molecular complexity index is 435. The van der Waals surface area contributed by atoms with Crippen LogP contribution in [0, 0.1) is 0 Å². The molecular weight excluding hydrogens is 238 g/mol. The minimum atomic E-state index is -0.638. The number of hydrogen-bond acceptors (Lipinski definition) is 5. The molecule has 1 heterocycles. The van der Waals surface area contributed by atoms with Gasteiger partial charge in [0.15, 0.2) is 5.69 Å². The van der Waals surface area contributed by atoms with E-state index in [1.165, 1.54) is 10.9 Å². The molecule has 2 amide bonds. The number of nitrogens with two attached hydrogens (primary N) is 1. The fraction of sp³-hybridized carbons (Fsp3) is 0.600. The van der Waals surface area contributed by atoms with Crippen molar-refractivity contribution < 1.29 is 14.3 Å². The third kappa shape index (κ3) is 4.81. The zero-order valence-corrected chi connectivity index (χ0v) is 10.6. The summed E-state index contributed by atoms with van der Waals surface area (Å²) in [5, 5.41) is 9.81. The topological polar surface area (TPSA) is 112 Å². The number of carbonyl (C=O) groups is 2. The summed E-state index contributed by atoms with van der Waals surface area (Å²) in [6.45, 7) is 6.03. The van der Waals surface area contributed by atoms with Crippen molar-refractivity contribution in [3.05, 3.63) is 11.9 Å². The van der Waals surface area contributed by atoms with E-state index >= 15 is 0 Å². The first-order chi connectivity index (χ1) is 8.28. The van der Waals surface area contributed by atoms with Gasteiger partial charge in [-0.3, -0.25) is 4.79 Å². The number of hydrogen-bond donors (Lipinski definition) is 2. The molecule has 0 aliphatic heterocycles. The highest BCUT2D eigenvalue weighted by Gasteiger charge is 2.15. The number of rotatable bonds is 4. The molecule has 0 aromatic carbocycles. The van der Waals surface area contributed by atoms with Crippen LogP contribution in [0.25, 0.3) is 0 Å². The summed E-state index contributed by atoms with van der Waals surface area (Å²) in [7, 11) is 0. The molecule has 1 aromatic heterocycles. The van der Waals surface area contributed by atoms with Crippen LogP contribution in [0.5, 0.6) is 0 Å². The first kappa shape index (κ1) is 13.9. The first-order valence-corrected chi connectivity index (χ1v) is 5.45. The number of primary amides is 1. The molecule has 18 heavy (non-hydrogen) atoms. The Labute approximate surface area is 104 Å². The van der Waals surface area contributed by atoms with Gasteiger partial charge in [0.2, 0.25) is 0 Å². The van der Waals surface area contributed by atoms with E-state index < -0.39 is 17.6 Å². The Morgan fingerprint density at radius 3 is 2.67 bits per heavy atom. The second-order valence-corrected chi connectivity index (χ2v) is 4.66. The SMILES string of the molecule is CC(C)(C)OC(=O)NCCn1cc(C(N)=O)nn1. The highest BCUT2D eigenvalue weighted by molar-refractivity contribution is 5.90. The largest absolute Gasteiger partial charge is 0.444 e. The lowest BCUT2D eigenvalue weighted by Crippen LogP contribution is -2.34. The Morgan fingerprint density at radius 1 is 1.50 bits per heavy atom. The molecule has 1 aromatic rings. The van der Waals surface area contributed by atoms with E-state index in [1.54, 1.807) is 20.8 Å². The third-order valence-corrected chi connectivity index (χ3v) is 1.80. The van der Waals surface area contributed by atoms with Crippen LogP contribution in [-0.4, -0.2) is 39.1 Å². The van der Waals surface area contributed by atoms with Gasteiger partial charge in [-0.05, 0) is 20.8 Å². The zero-order valence-electron chi connectivity index (χ0n) is 10.6. The van der Waals surface area contributed by atoms with E-state index in [9.17, 15) is 9.59 Å². The van der Waals surface area contributed by atoms with Gasteiger partial charge in [-0.2, -0.15) is 0 Å². The summed E-state index contributed by atoms with van der Waals surface area (Å²) in [5.74, 6) is -0.638. The highest BCUT2D eigenvalue weighted by Crippen LogP contribution is 2.06. The molecule has 0 fully saturated rings. The van der Waals surface area contributed by atoms with Gasteiger partial charge >= 0.3 is 6.09 Å². The van der Waals surface area contributed by atoms with E-state index in [0.717, 1.165) is 0 Å². The van der Waals surface area contributed by atoms with E-state index in [4.69, 9.17) is 10.5 Å². The van der Waals surface area contributed by atoms with E-state index in [2.05, 4.69) is 15.6 Å². The zero-order chi connectivity index (χ0) is 13.8. The van der Waals surface area contributed by atoms with Gasteiger partial charge in [0.05, 0.1) is 12.7 Å². The quantitative estimate of drug-likeness (QED) is 0.780. The minimum Gasteiger partial charge on any atom is -0.444 e. The van der Waals surface area contributed by atoms with E-state index in [1.807, 2.05) is 0 Å². The highest BCUT2D eigenvalue weighted by atomic mass is 16.6. The minimum absolute atomic E-state index is 0.0901. The summed E-state index contributed by atoms with van der Waals surface area (Å²) in [6.07, 6.45) is 0.914. The number of nitrogens with zero attached hydrogens (tertiary/aromatic N) is 3. The normalized spacial score (nSPS) is 11.1. The molecule has 3 N–H and O–H groups in total. The molecule has 0 spiro atoms. The molecule has 0 saturated heterocycles. The fourth-order valence-corrected chi connectivity index (χ4v) is 1.11. The summed E-state index contributed by atoms with van der Waals surface area (Å²) < 4.78 is 6.46. The lowest BCUT2D eigenvalue weighted by atomic mass is 10.2. The van der Waals surface area contributed by atoms with Gasteiger partial charge in [0.25, 0.3) is 5.91 Å². The number of nitrogens with one attached hydrogen (secondary N) is 1. The maximum absolute atomic E-state index is 11.3. The first-order valence-electron chi connectivity index (χ1n) is 5.45. The van der Waals surface area contributed by atoms with Crippen LogP contribution in [0.3, 0.4) is 0 Å². The Hall–Kier alpha value is -2.12. The van der Waals surface area contributed by atoms with Crippen molar-refractivity contribution in [1.29, 1.82) is 0 Å². The standard InChI is InChI=1S/C10H17N5O3/c1-10(2,3)18-9(17)12-4-5-15-6-7(8(11)16)13-14-15/h6H,4-5H2,1-3H3,(H2,11,16)(H,12,17). The lowest BCUT2D eigenvalue weighted by Gasteiger charge is -2.19. The lowest BCUT2D eigenvalue weighted by molar-refractivity contribution is 0.0525. The Balaban J connectivity index is 2.33. The molecule has 0 aliphatic rings. The van der Waals surface area contributed by atoms with Gasteiger partial charge in [-0.1, -0.05) is 5.21 Å². The molecule has 0 bridgehead atoms. The predicted molar refractivity (Wildman–Crippen MR) is 62.8 cm³/mol. The fourth-order valence-electron chi connectivity index (χ4n) is 1.11. The van der Waals surface area contributed by atoms with Crippen LogP contribution in [-0.2, 0) is 11.3 Å². The van der Waals surface area contributed by atoms with Crippen molar-refractivity contribution in [2.45, 2.75) is 32.9 Å². The number of ether oxygens (including phenoxy) is 1. The Kier molecular flexibility index (Phi) is 4.24. The van der Waals surface area contributed by atoms with Crippen molar-refractivity contribution in [2.24, 2.45) is 5.73 Å². The Morgan fingerprint density at radius 2 is 2.17 bits per heavy atom. The van der Waals surface area contributed by atoms with Crippen LogP contribution >= 0.6 is 0 Å². The molecule has 0 unspecified atom stereocenters. The van der Waals surface area contributed by atoms with E-state index in [-0.39, 0.29) is 5.69 Å². The summed E-state index contributed by atoms with van der Waals surface area (Å²) in [5.41, 5.74) is 4.59. The van der Waals surface area contributed by atoms with Gasteiger partial charge in [0, 0.05) is 6.54 Å². The van der Waals surface area contributed by atoms with Crippen LogP contribution in [0.4, 0.5) is 4.79 Å². The van der Waals surface area contributed by atoms with Crippen LogP contribution in [0.15, 0.2) is 6.20 Å². The number of aromatic nitrogens is 3. The summed E-state index contributed by atoms with van der Waals surface area (Å²) >= 11 is 0. The molecular formula is C10H17N5O3. The predicted octanol–water partition coefficient (Wildman–Crippen LogP) is -0.0983. The van der Waals surface area contributed by atoms with Crippen molar-refractivity contribution in [2.75, 3.05) is 6.54 Å². The molecule has 0 atom stereocenters. The average Bonchev–Trinajstić information content (AvgIpc) is 2.63. The number of amides is 2. The molecule has 1 rings (SSSR count). The third-order valence-electron chi connectivity index (χ3n) is 1.80. The monoisotopic (exact) mass is 255 g/mol. The van der Waals surface area contributed by atoms with Crippen molar-refractivity contribution in [3.63, 3.8) is 0 Å². The average molecular weight is 255 g/mol. The maximum Gasteiger partial charge on any atom is 0.407 e. The van der Waals surface area contributed by atoms with Gasteiger partial charge in [-0.25, -0.2) is 9.48 Å². The van der Waals surface area contributed by atoms with Crippen LogP contribution in [0.2, 0.25) is 0 Å². The molecule has 0 radical (unpaired) electrons. The van der Waals surface area contributed by atoms with Gasteiger partial charge in [-0.15, -0.1) is 5.10 Å².